The zero-order chi connectivity index (χ0) is 14.6. The summed E-state index contributed by atoms with van der Waals surface area (Å²) >= 11 is 0. The summed E-state index contributed by atoms with van der Waals surface area (Å²) in [5.74, 6) is -0.810. The molecule has 19 heavy (non-hydrogen) atoms. The van der Waals surface area contributed by atoms with Crippen LogP contribution in [0.3, 0.4) is 0 Å². The lowest BCUT2D eigenvalue weighted by molar-refractivity contribution is -0.149. The average molecular weight is 270 g/mol. The van der Waals surface area contributed by atoms with Crippen molar-refractivity contribution in [2.45, 2.75) is 65.1 Å². The molecular weight excluding hydrogens is 244 g/mol. The minimum atomic E-state index is -0.824. The number of piperidine rings is 1. The highest BCUT2D eigenvalue weighted by Crippen LogP contribution is 2.25. The van der Waals surface area contributed by atoms with E-state index >= 15 is 0 Å². The van der Waals surface area contributed by atoms with Crippen LogP contribution in [0.4, 0.5) is 0 Å². The van der Waals surface area contributed by atoms with Gasteiger partial charge in [-0.1, -0.05) is 13.8 Å². The van der Waals surface area contributed by atoms with Crippen LogP contribution in [0.5, 0.6) is 0 Å². The number of carbonyl (C=O) groups excluding carboxylic acids is 1. The van der Waals surface area contributed by atoms with E-state index in [1.807, 2.05) is 25.7 Å². The van der Waals surface area contributed by atoms with Crippen molar-refractivity contribution in [2.75, 3.05) is 6.54 Å². The van der Waals surface area contributed by atoms with Crippen LogP contribution in [0, 0.1) is 5.92 Å². The molecule has 0 bridgehead atoms. The van der Waals surface area contributed by atoms with E-state index < -0.39 is 18.1 Å². The van der Waals surface area contributed by atoms with Gasteiger partial charge in [0.2, 0.25) is 5.91 Å². The average Bonchev–Trinajstić information content (AvgIpc) is 2.36. The number of nitrogens with zero attached hydrogens (tertiary/aromatic N) is 1. The Kier molecular flexibility index (Phi) is 5.79. The van der Waals surface area contributed by atoms with Gasteiger partial charge in [-0.3, -0.25) is 14.5 Å². The quantitative estimate of drug-likeness (QED) is 0.794. The number of rotatable bonds is 5. The zero-order valence-electron chi connectivity index (χ0n) is 12.3. The topological polar surface area (TPSA) is 69.6 Å². The van der Waals surface area contributed by atoms with E-state index in [1.54, 1.807) is 6.92 Å². The highest BCUT2D eigenvalue weighted by atomic mass is 16.4. The van der Waals surface area contributed by atoms with E-state index in [0.29, 0.717) is 6.54 Å². The van der Waals surface area contributed by atoms with Crippen molar-refractivity contribution in [3.63, 3.8) is 0 Å². The predicted octanol–water partition coefficient (Wildman–Crippen LogP) is 1.47. The highest BCUT2D eigenvalue weighted by Gasteiger charge is 2.38. The van der Waals surface area contributed by atoms with Crippen LogP contribution in [-0.2, 0) is 9.59 Å². The fraction of sp³-hybridized carbons (Fsp3) is 0.857. The van der Waals surface area contributed by atoms with Crippen molar-refractivity contribution in [3.05, 3.63) is 0 Å². The number of carbonyl (C=O) groups is 2. The zero-order valence-corrected chi connectivity index (χ0v) is 12.3. The Hall–Kier alpha value is -1.10. The van der Waals surface area contributed by atoms with Crippen LogP contribution in [0.1, 0.15) is 47.0 Å². The molecule has 1 fully saturated rings. The molecule has 4 atom stereocenters. The molecule has 0 saturated carbocycles. The predicted molar refractivity (Wildman–Crippen MR) is 73.9 cm³/mol. The van der Waals surface area contributed by atoms with Gasteiger partial charge in [-0.05, 0) is 45.6 Å². The molecule has 1 amide bonds. The Labute approximate surface area is 115 Å². The SMILES string of the molecule is CCC(C)NC(=O)C(C)N1CCCC(C)C1C(=O)O. The van der Waals surface area contributed by atoms with E-state index in [4.69, 9.17) is 0 Å². The largest absolute Gasteiger partial charge is 0.480 e. The van der Waals surface area contributed by atoms with Crippen LogP contribution in [0.15, 0.2) is 0 Å². The fourth-order valence-corrected chi connectivity index (χ4v) is 2.66. The van der Waals surface area contributed by atoms with E-state index in [0.717, 1.165) is 19.3 Å². The number of amides is 1. The Morgan fingerprint density at radius 3 is 2.58 bits per heavy atom. The van der Waals surface area contributed by atoms with Gasteiger partial charge in [-0.25, -0.2) is 0 Å². The summed E-state index contributed by atoms with van der Waals surface area (Å²) in [6, 6.07) is -0.815. The molecule has 2 N–H and O–H groups in total. The molecule has 0 aromatic rings. The third-order valence-electron chi connectivity index (χ3n) is 4.10. The summed E-state index contributed by atoms with van der Waals surface area (Å²) < 4.78 is 0. The van der Waals surface area contributed by atoms with Crippen LogP contribution in [0.2, 0.25) is 0 Å². The minimum Gasteiger partial charge on any atom is -0.480 e. The summed E-state index contributed by atoms with van der Waals surface area (Å²) in [5, 5.41) is 12.3. The molecular formula is C14H26N2O3. The number of hydrogen-bond donors (Lipinski definition) is 2. The number of carboxylic acid groups (broad SMARTS) is 1. The molecule has 0 radical (unpaired) electrons. The van der Waals surface area contributed by atoms with Crippen molar-refractivity contribution >= 4 is 11.9 Å². The molecule has 1 heterocycles. The van der Waals surface area contributed by atoms with Crippen LogP contribution in [0.25, 0.3) is 0 Å². The van der Waals surface area contributed by atoms with Gasteiger partial charge in [0.15, 0.2) is 0 Å². The standard InChI is InChI=1S/C14H26N2O3/c1-5-10(3)15-13(17)11(4)16-8-6-7-9(2)12(16)14(18)19/h9-12H,5-8H2,1-4H3,(H,15,17)(H,18,19). The van der Waals surface area contributed by atoms with Crippen molar-refractivity contribution < 1.29 is 14.7 Å². The summed E-state index contributed by atoms with van der Waals surface area (Å²) in [5.41, 5.74) is 0. The smallest absolute Gasteiger partial charge is 0.321 e. The number of nitrogens with one attached hydrogen (secondary N) is 1. The molecule has 1 aliphatic rings. The monoisotopic (exact) mass is 270 g/mol. The fourth-order valence-electron chi connectivity index (χ4n) is 2.66. The van der Waals surface area contributed by atoms with Gasteiger partial charge in [0.05, 0.1) is 6.04 Å². The van der Waals surface area contributed by atoms with Crippen molar-refractivity contribution in [3.8, 4) is 0 Å². The second kappa shape index (κ2) is 6.89. The molecule has 5 heteroatoms. The molecule has 5 nitrogen and oxygen atoms in total. The first-order valence-electron chi connectivity index (χ1n) is 7.17. The summed E-state index contributed by atoms with van der Waals surface area (Å²) in [6.45, 7) is 8.39. The Morgan fingerprint density at radius 1 is 1.42 bits per heavy atom. The van der Waals surface area contributed by atoms with Crippen molar-refractivity contribution in [1.82, 2.24) is 10.2 Å². The summed E-state index contributed by atoms with van der Waals surface area (Å²) in [7, 11) is 0. The van der Waals surface area contributed by atoms with Gasteiger partial charge >= 0.3 is 5.97 Å². The number of carboxylic acids is 1. The Morgan fingerprint density at radius 2 is 2.05 bits per heavy atom. The van der Waals surface area contributed by atoms with Crippen LogP contribution < -0.4 is 5.32 Å². The maximum atomic E-state index is 12.1. The van der Waals surface area contributed by atoms with E-state index in [2.05, 4.69) is 5.32 Å². The van der Waals surface area contributed by atoms with Gasteiger partial charge < -0.3 is 10.4 Å². The second-order valence-corrected chi connectivity index (χ2v) is 5.63. The Balaban J connectivity index is 2.74. The van der Waals surface area contributed by atoms with Crippen LogP contribution in [-0.4, -0.2) is 46.6 Å². The van der Waals surface area contributed by atoms with Crippen molar-refractivity contribution in [2.24, 2.45) is 5.92 Å². The second-order valence-electron chi connectivity index (χ2n) is 5.63. The highest BCUT2D eigenvalue weighted by molar-refractivity contribution is 5.83. The molecule has 4 unspecified atom stereocenters. The van der Waals surface area contributed by atoms with Gasteiger partial charge in [0.25, 0.3) is 0 Å². The maximum absolute atomic E-state index is 12.1. The Bertz CT molecular complexity index is 333. The first-order valence-corrected chi connectivity index (χ1v) is 7.17. The third kappa shape index (κ3) is 3.93. The number of hydrogen-bond acceptors (Lipinski definition) is 3. The molecule has 0 spiro atoms. The molecule has 1 aliphatic heterocycles. The summed E-state index contributed by atoms with van der Waals surface area (Å²) in [6.07, 6.45) is 2.73. The maximum Gasteiger partial charge on any atom is 0.321 e. The van der Waals surface area contributed by atoms with Gasteiger partial charge in [0.1, 0.15) is 6.04 Å². The first kappa shape index (κ1) is 16.0. The van der Waals surface area contributed by atoms with Gasteiger partial charge in [0, 0.05) is 6.04 Å². The van der Waals surface area contributed by atoms with E-state index in [9.17, 15) is 14.7 Å². The third-order valence-corrected chi connectivity index (χ3v) is 4.10. The van der Waals surface area contributed by atoms with E-state index in [-0.39, 0.29) is 17.9 Å². The molecule has 0 aromatic heterocycles. The number of aliphatic carboxylic acids is 1. The normalized spacial score (nSPS) is 27.6. The number of likely N-dealkylation sites (tertiary alicyclic amines) is 1. The minimum absolute atomic E-state index is 0.0744. The van der Waals surface area contributed by atoms with Crippen molar-refractivity contribution in [1.29, 1.82) is 0 Å². The van der Waals surface area contributed by atoms with Crippen LogP contribution >= 0.6 is 0 Å². The van der Waals surface area contributed by atoms with Gasteiger partial charge in [-0.15, -0.1) is 0 Å². The first-order chi connectivity index (χ1) is 8.88. The molecule has 1 saturated heterocycles. The lowest BCUT2D eigenvalue weighted by Crippen LogP contribution is -2.57. The van der Waals surface area contributed by atoms with E-state index in [1.165, 1.54) is 0 Å². The lowest BCUT2D eigenvalue weighted by Gasteiger charge is -2.40. The molecule has 0 aromatic carbocycles. The molecule has 110 valence electrons. The molecule has 1 rings (SSSR count). The van der Waals surface area contributed by atoms with Gasteiger partial charge in [-0.2, -0.15) is 0 Å². The molecule has 0 aliphatic carbocycles. The summed E-state index contributed by atoms with van der Waals surface area (Å²) in [4.78, 5) is 25.4. The lowest BCUT2D eigenvalue weighted by atomic mass is 9.89.